The molecule has 7 atom stereocenters. The van der Waals surface area contributed by atoms with Crippen molar-refractivity contribution in [1.29, 1.82) is 0 Å². The summed E-state index contributed by atoms with van der Waals surface area (Å²) < 4.78 is 11.7. The summed E-state index contributed by atoms with van der Waals surface area (Å²) in [4.78, 5) is 12.9. The average molecular weight is 674 g/mol. The van der Waals surface area contributed by atoms with Crippen LogP contribution < -0.4 is 5.32 Å². The Morgan fingerprint density at radius 3 is 1.47 bits per heavy atom. The fourth-order valence-corrected chi connectivity index (χ4v) is 6.56. The first-order chi connectivity index (χ1) is 22.9. The third kappa shape index (κ3) is 21.1. The number of carbonyl (C=O) groups excluding carboxylic acids is 1. The predicted octanol–water partition coefficient (Wildman–Crippen LogP) is 6.83. The van der Waals surface area contributed by atoms with Gasteiger partial charge in [0.25, 0.3) is 0 Å². The molecule has 0 aliphatic carbocycles. The van der Waals surface area contributed by atoms with Crippen molar-refractivity contribution in [2.45, 2.75) is 224 Å². The Morgan fingerprint density at radius 2 is 1.04 bits per heavy atom. The number of amides is 1. The van der Waals surface area contributed by atoms with Crippen LogP contribution in [0.5, 0.6) is 0 Å². The molecule has 6 N–H and O–H groups in total. The Bertz CT molecular complexity index is 711. The summed E-state index contributed by atoms with van der Waals surface area (Å²) in [7, 11) is 0. The van der Waals surface area contributed by atoms with Gasteiger partial charge in [-0.25, -0.2) is 0 Å². The topological polar surface area (TPSA) is 149 Å². The third-order valence-electron chi connectivity index (χ3n) is 9.75. The smallest absolute Gasteiger partial charge is 0.220 e. The number of aliphatic hydroxyl groups excluding tert-OH is 5. The molecule has 1 aliphatic heterocycles. The van der Waals surface area contributed by atoms with E-state index < -0.39 is 49.5 Å². The molecule has 280 valence electrons. The van der Waals surface area contributed by atoms with Gasteiger partial charge in [0.15, 0.2) is 6.29 Å². The summed E-state index contributed by atoms with van der Waals surface area (Å²) in [5, 5.41) is 53.8. The van der Waals surface area contributed by atoms with Crippen molar-refractivity contribution in [2.75, 3.05) is 13.2 Å². The molecular formula is C38H75NO8. The van der Waals surface area contributed by atoms with E-state index >= 15 is 0 Å². The number of unbranched alkanes of at least 4 members (excludes halogenated alkanes) is 22. The Kier molecular flexibility index (Phi) is 28.3. The van der Waals surface area contributed by atoms with Crippen LogP contribution in [0.1, 0.15) is 181 Å². The largest absolute Gasteiger partial charge is 0.394 e. The molecule has 0 aromatic heterocycles. The van der Waals surface area contributed by atoms with Crippen LogP contribution in [-0.2, 0) is 14.3 Å². The minimum Gasteiger partial charge on any atom is -0.394 e. The summed E-state index contributed by atoms with van der Waals surface area (Å²) in [6, 6.07) is -0.708. The second-order valence-electron chi connectivity index (χ2n) is 14.0. The van der Waals surface area contributed by atoms with Crippen molar-refractivity contribution in [3.8, 4) is 0 Å². The van der Waals surface area contributed by atoms with E-state index in [2.05, 4.69) is 19.2 Å². The zero-order chi connectivity index (χ0) is 34.5. The minimum absolute atomic E-state index is 0.146. The van der Waals surface area contributed by atoms with Gasteiger partial charge in [-0.2, -0.15) is 0 Å². The van der Waals surface area contributed by atoms with Crippen LogP contribution in [-0.4, -0.2) is 87.5 Å². The van der Waals surface area contributed by atoms with E-state index in [1.54, 1.807) is 0 Å². The van der Waals surface area contributed by atoms with Crippen LogP contribution in [0.4, 0.5) is 0 Å². The molecule has 0 bridgehead atoms. The number of hydrogen-bond donors (Lipinski definition) is 6. The average Bonchev–Trinajstić information content (AvgIpc) is 3.07. The second kappa shape index (κ2) is 30.1. The molecule has 0 aromatic rings. The van der Waals surface area contributed by atoms with Gasteiger partial charge in [-0.1, -0.05) is 162 Å². The summed E-state index contributed by atoms with van der Waals surface area (Å²) in [6.07, 6.45) is 22.4. The van der Waals surface area contributed by atoms with Crippen LogP contribution in [0, 0.1) is 0 Å². The Morgan fingerprint density at radius 1 is 0.617 bits per heavy atom. The van der Waals surface area contributed by atoms with Crippen molar-refractivity contribution in [1.82, 2.24) is 5.32 Å². The molecule has 0 saturated carbocycles. The van der Waals surface area contributed by atoms with Crippen molar-refractivity contribution in [3.05, 3.63) is 0 Å². The number of hydrogen-bond acceptors (Lipinski definition) is 8. The molecule has 1 aliphatic rings. The Balaban J connectivity index is 2.49. The normalized spacial score (nSPS) is 22.7. The molecule has 1 fully saturated rings. The van der Waals surface area contributed by atoms with Gasteiger partial charge in [-0.05, 0) is 12.8 Å². The highest BCUT2D eigenvalue weighted by molar-refractivity contribution is 5.76. The van der Waals surface area contributed by atoms with Crippen LogP contribution in [0.15, 0.2) is 0 Å². The quantitative estimate of drug-likeness (QED) is 0.0426. The summed E-state index contributed by atoms with van der Waals surface area (Å²) in [5.74, 6) is -0.146. The molecule has 0 radical (unpaired) electrons. The maximum Gasteiger partial charge on any atom is 0.220 e. The van der Waals surface area contributed by atoms with E-state index in [9.17, 15) is 30.3 Å². The van der Waals surface area contributed by atoms with Gasteiger partial charge < -0.3 is 40.3 Å². The molecule has 1 saturated heterocycles. The zero-order valence-corrected chi connectivity index (χ0v) is 30.3. The van der Waals surface area contributed by atoms with E-state index in [1.807, 2.05) is 0 Å². The Hall–Kier alpha value is -0.810. The molecule has 47 heavy (non-hydrogen) atoms. The molecular weight excluding hydrogens is 598 g/mol. The number of ether oxygens (including phenoxy) is 2. The van der Waals surface area contributed by atoms with Gasteiger partial charge in [0.05, 0.1) is 25.4 Å². The number of rotatable bonds is 32. The van der Waals surface area contributed by atoms with Crippen LogP contribution in [0.2, 0.25) is 0 Å². The van der Waals surface area contributed by atoms with Crippen LogP contribution >= 0.6 is 0 Å². The lowest BCUT2D eigenvalue weighted by atomic mass is 9.98. The highest BCUT2D eigenvalue weighted by atomic mass is 16.7. The highest BCUT2D eigenvalue weighted by Crippen LogP contribution is 2.25. The molecule has 9 nitrogen and oxygen atoms in total. The second-order valence-corrected chi connectivity index (χ2v) is 14.0. The number of nitrogens with one attached hydrogen (secondary N) is 1. The van der Waals surface area contributed by atoms with Gasteiger partial charge in [-0.15, -0.1) is 0 Å². The van der Waals surface area contributed by atoms with Gasteiger partial charge in [0, 0.05) is 6.42 Å². The fraction of sp³-hybridized carbons (Fsp3) is 0.974. The molecule has 1 heterocycles. The molecule has 1 rings (SSSR count). The van der Waals surface area contributed by atoms with Crippen molar-refractivity contribution < 1.29 is 39.8 Å². The van der Waals surface area contributed by atoms with Crippen molar-refractivity contribution >= 4 is 5.91 Å². The van der Waals surface area contributed by atoms with Gasteiger partial charge in [-0.3, -0.25) is 4.79 Å². The molecule has 0 spiro atoms. The van der Waals surface area contributed by atoms with E-state index in [0.717, 1.165) is 38.5 Å². The van der Waals surface area contributed by atoms with Gasteiger partial charge >= 0.3 is 0 Å². The molecule has 1 amide bonds. The Labute approximate surface area is 287 Å². The first-order valence-electron chi connectivity index (χ1n) is 19.8. The standard InChI is InChI=1S/C38H75NO8/c1-3-5-7-9-11-13-15-16-18-19-21-23-25-27-32(46-38-37(45)36(44)35(43)33(30-41)47-38)31(29-40)39-34(42)28-26-24-22-20-17-14-12-10-8-6-4-2/h31-33,35-38,40-41,43-45H,3-30H2,1-2H3,(H,39,42)/t31-,32+,33+,35-,36-,37+,38-/m0/s1. The lowest BCUT2D eigenvalue weighted by molar-refractivity contribution is -0.314. The SMILES string of the molecule is CCCCCCCCCCCCCCC[C@@H](O[C@H]1O[C@H](CO)[C@H](O)[C@H](O)[C@H]1O)[C@H](CO)NC(=O)CCCCCCCCCCCCC. The molecule has 0 unspecified atom stereocenters. The van der Waals surface area contributed by atoms with Crippen molar-refractivity contribution in [2.24, 2.45) is 0 Å². The van der Waals surface area contributed by atoms with Crippen LogP contribution in [0.25, 0.3) is 0 Å². The minimum atomic E-state index is -1.55. The number of aliphatic hydroxyl groups is 5. The fourth-order valence-electron chi connectivity index (χ4n) is 6.56. The molecule has 9 heteroatoms. The van der Waals surface area contributed by atoms with E-state index in [0.29, 0.717) is 12.8 Å². The van der Waals surface area contributed by atoms with Gasteiger partial charge in [0.1, 0.15) is 24.4 Å². The predicted molar refractivity (Wildman–Crippen MR) is 189 cm³/mol. The lowest BCUT2D eigenvalue weighted by Gasteiger charge is -2.41. The van der Waals surface area contributed by atoms with E-state index in [-0.39, 0.29) is 12.5 Å². The van der Waals surface area contributed by atoms with E-state index in [1.165, 1.54) is 116 Å². The summed E-state index contributed by atoms with van der Waals surface area (Å²) >= 11 is 0. The zero-order valence-electron chi connectivity index (χ0n) is 30.3. The van der Waals surface area contributed by atoms with E-state index in [4.69, 9.17) is 9.47 Å². The maximum atomic E-state index is 12.9. The summed E-state index contributed by atoms with van der Waals surface area (Å²) in [5.41, 5.74) is 0. The highest BCUT2D eigenvalue weighted by Gasteiger charge is 2.45. The monoisotopic (exact) mass is 674 g/mol. The first-order valence-corrected chi connectivity index (χ1v) is 19.8. The van der Waals surface area contributed by atoms with Gasteiger partial charge in [0.2, 0.25) is 5.91 Å². The van der Waals surface area contributed by atoms with Crippen molar-refractivity contribution in [3.63, 3.8) is 0 Å². The summed E-state index contributed by atoms with van der Waals surface area (Å²) in [6.45, 7) is 3.59. The molecule has 0 aromatic carbocycles. The first kappa shape index (κ1) is 44.2. The maximum absolute atomic E-state index is 12.9. The number of carbonyl (C=O) groups is 1. The lowest BCUT2D eigenvalue weighted by Crippen LogP contribution is -2.61. The van der Waals surface area contributed by atoms with Crippen LogP contribution in [0.3, 0.4) is 0 Å². The third-order valence-corrected chi connectivity index (χ3v) is 9.75.